The number of aliphatic imine (C=N–C) groups is 1. The number of methoxy groups -OCH3 is 1. The molecule has 2 aromatic carbocycles. The fourth-order valence-electron chi connectivity index (χ4n) is 2.00. The second-order valence-corrected chi connectivity index (χ2v) is 5.38. The molecule has 0 aromatic heterocycles. The van der Waals surface area contributed by atoms with Crippen LogP contribution in [-0.4, -0.2) is 24.4 Å². The van der Waals surface area contributed by atoms with Gasteiger partial charge in [-0.15, -0.1) is 0 Å². The first-order valence-corrected chi connectivity index (χ1v) is 7.20. The monoisotopic (exact) mass is 355 g/mol. The van der Waals surface area contributed by atoms with Crippen LogP contribution in [0.2, 0.25) is 0 Å². The summed E-state index contributed by atoms with van der Waals surface area (Å²) in [7, 11) is 1.19. The van der Waals surface area contributed by atoms with Crippen molar-refractivity contribution in [3.63, 3.8) is 0 Å². The molecule has 0 saturated heterocycles. The highest BCUT2D eigenvalue weighted by Crippen LogP contribution is 2.29. The Labute approximate surface area is 141 Å². The number of alkyl halides is 3. The van der Waals surface area contributed by atoms with Crippen molar-refractivity contribution in [3.8, 4) is 11.1 Å². The number of hydrogen-bond acceptors (Lipinski definition) is 3. The van der Waals surface area contributed by atoms with Crippen molar-refractivity contribution >= 4 is 28.4 Å². The maximum Gasteiger partial charge on any atom is 0.444 e. The Balaban J connectivity index is 2.57. The smallest absolute Gasteiger partial charge is 0.444 e. The van der Waals surface area contributed by atoms with E-state index in [4.69, 9.17) is 11.6 Å². The second-order valence-electron chi connectivity index (χ2n) is 5.03. The molecule has 2 aromatic rings. The van der Waals surface area contributed by atoms with Crippen molar-refractivity contribution in [1.29, 1.82) is 0 Å². The van der Waals surface area contributed by atoms with Crippen molar-refractivity contribution in [1.82, 2.24) is 0 Å². The molecule has 0 aliphatic heterocycles. The van der Waals surface area contributed by atoms with Gasteiger partial charge < -0.3 is 4.74 Å². The van der Waals surface area contributed by atoms with Crippen molar-refractivity contribution < 1.29 is 22.7 Å². The summed E-state index contributed by atoms with van der Waals surface area (Å²) in [5.41, 5.74) is 2.28. The van der Waals surface area contributed by atoms with Crippen molar-refractivity contribution in [2.45, 2.75) is 13.1 Å². The Bertz CT molecular complexity index is 783. The highest BCUT2D eigenvalue weighted by molar-refractivity contribution is 6.67. The Morgan fingerprint density at radius 2 is 1.71 bits per heavy atom. The van der Waals surface area contributed by atoms with Gasteiger partial charge in [-0.2, -0.15) is 13.2 Å². The van der Waals surface area contributed by atoms with E-state index in [2.05, 4.69) is 9.73 Å². The normalized spacial score (nSPS) is 12.2. The molecule has 0 amide bonds. The molecule has 24 heavy (non-hydrogen) atoms. The molecule has 7 heteroatoms. The second kappa shape index (κ2) is 7.05. The summed E-state index contributed by atoms with van der Waals surface area (Å²) >= 11 is 5.19. The Morgan fingerprint density at radius 1 is 1.08 bits per heavy atom. The van der Waals surface area contributed by atoms with E-state index in [-0.39, 0.29) is 11.3 Å². The summed E-state index contributed by atoms with van der Waals surface area (Å²) in [4.78, 5) is 15.1. The molecule has 0 saturated carbocycles. The molecule has 0 N–H and O–H groups in total. The SMILES string of the molecule is COC(=O)c1cc(/N=C(\Cl)C(F)(F)F)cc(-c2ccc(C)cc2)c1. The Kier molecular flexibility index (Phi) is 5.29. The number of nitrogens with zero attached hydrogens (tertiary/aromatic N) is 1. The quantitative estimate of drug-likeness (QED) is 0.555. The molecule has 0 aliphatic rings. The summed E-state index contributed by atoms with van der Waals surface area (Å²) in [6, 6.07) is 11.4. The van der Waals surface area contributed by atoms with Crippen molar-refractivity contribution in [3.05, 3.63) is 53.6 Å². The van der Waals surface area contributed by atoms with E-state index in [0.29, 0.717) is 5.56 Å². The van der Waals surface area contributed by atoms with E-state index in [9.17, 15) is 18.0 Å². The molecular formula is C17H13ClF3NO2. The zero-order valence-electron chi connectivity index (χ0n) is 12.8. The van der Waals surface area contributed by atoms with E-state index in [1.54, 1.807) is 12.1 Å². The molecule has 126 valence electrons. The number of hydrogen-bond donors (Lipinski definition) is 0. The van der Waals surface area contributed by atoms with Crippen LogP contribution in [0.4, 0.5) is 18.9 Å². The van der Waals surface area contributed by atoms with Crippen LogP contribution in [0, 0.1) is 6.92 Å². The van der Waals surface area contributed by atoms with Gasteiger partial charge in [0.15, 0.2) is 0 Å². The highest BCUT2D eigenvalue weighted by atomic mass is 35.5. The zero-order chi connectivity index (χ0) is 17.9. The van der Waals surface area contributed by atoms with Crippen LogP contribution in [0.25, 0.3) is 11.1 Å². The van der Waals surface area contributed by atoms with Crippen LogP contribution in [0.15, 0.2) is 47.5 Å². The van der Waals surface area contributed by atoms with Crippen LogP contribution in [-0.2, 0) is 4.74 Å². The number of ether oxygens (including phenoxy) is 1. The lowest BCUT2D eigenvalue weighted by Gasteiger charge is -2.09. The number of carbonyl (C=O) groups is 1. The van der Waals surface area contributed by atoms with E-state index >= 15 is 0 Å². The fraction of sp³-hybridized carbons (Fsp3) is 0.176. The molecule has 0 aliphatic carbocycles. The standard InChI is InChI=1S/C17H13ClF3NO2/c1-10-3-5-11(6-4-10)12-7-13(15(23)24-2)9-14(8-12)22-16(18)17(19,20)21/h3-9H,1-2H3/b22-16-. The van der Waals surface area contributed by atoms with Gasteiger partial charge in [-0.1, -0.05) is 41.4 Å². The number of rotatable bonds is 3. The minimum atomic E-state index is -4.76. The molecule has 3 nitrogen and oxygen atoms in total. The van der Waals surface area contributed by atoms with E-state index in [1.807, 2.05) is 19.1 Å². The lowest BCUT2D eigenvalue weighted by atomic mass is 10.0. The van der Waals surface area contributed by atoms with Crippen LogP contribution in [0.3, 0.4) is 0 Å². The van der Waals surface area contributed by atoms with Crippen molar-refractivity contribution in [2.75, 3.05) is 7.11 Å². The highest BCUT2D eigenvalue weighted by Gasteiger charge is 2.34. The average molecular weight is 356 g/mol. The number of esters is 1. The van der Waals surface area contributed by atoms with Gasteiger partial charge in [-0.05, 0) is 36.2 Å². The fourth-order valence-corrected chi connectivity index (χ4v) is 2.10. The van der Waals surface area contributed by atoms with Crippen molar-refractivity contribution in [2.24, 2.45) is 4.99 Å². The molecule has 0 atom stereocenters. The van der Waals surface area contributed by atoms with Crippen LogP contribution >= 0.6 is 11.6 Å². The first-order valence-electron chi connectivity index (χ1n) is 6.82. The molecule has 0 fully saturated rings. The molecular weight excluding hydrogens is 343 g/mol. The predicted octanol–water partition coefficient (Wildman–Crippen LogP) is 5.28. The number of halogens is 4. The average Bonchev–Trinajstić information content (AvgIpc) is 2.53. The third-order valence-electron chi connectivity index (χ3n) is 3.18. The molecule has 0 heterocycles. The van der Waals surface area contributed by atoms with Gasteiger partial charge in [0.05, 0.1) is 18.4 Å². The third kappa shape index (κ3) is 4.35. The number of benzene rings is 2. The summed E-state index contributed by atoms with van der Waals surface area (Å²) in [5.74, 6) is -0.677. The van der Waals surface area contributed by atoms with Gasteiger partial charge in [0.1, 0.15) is 0 Å². The summed E-state index contributed by atoms with van der Waals surface area (Å²) in [6.45, 7) is 1.91. The van der Waals surface area contributed by atoms with Gasteiger partial charge in [0.25, 0.3) is 0 Å². The van der Waals surface area contributed by atoms with Gasteiger partial charge in [-0.3, -0.25) is 0 Å². The van der Waals surface area contributed by atoms with Crippen LogP contribution < -0.4 is 0 Å². The van der Waals surface area contributed by atoms with Gasteiger partial charge in [0, 0.05) is 0 Å². The van der Waals surface area contributed by atoms with Crippen LogP contribution in [0.5, 0.6) is 0 Å². The maximum absolute atomic E-state index is 12.6. The molecule has 0 bridgehead atoms. The molecule has 0 spiro atoms. The Hall–Kier alpha value is -2.34. The first-order chi connectivity index (χ1) is 11.2. The topological polar surface area (TPSA) is 38.7 Å². The third-order valence-corrected chi connectivity index (χ3v) is 3.48. The van der Waals surface area contributed by atoms with E-state index in [1.165, 1.54) is 25.3 Å². The first kappa shape index (κ1) is 18.0. The van der Waals surface area contributed by atoms with Gasteiger partial charge in [-0.25, -0.2) is 9.79 Å². The van der Waals surface area contributed by atoms with Crippen LogP contribution in [0.1, 0.15) is 15.9 Å². The zero-order valence-corrected chi connectivity index (χ0v) is 13.6. The summed E-state index contributed by atoms with van der Waals surface area (Å²) in [5, 5.41) is -1.51. The Morgan fingerprint density at radius 3 is 2.25 bits per heavy atom. The molecule has 2 rings (SSSR count). The van der Waals surface area contributed by atoms with E-state index < -0.39 is 17.3 Å². The lowest BCUT2D eigenvalue weighted by Crippen LogP contribution is -2.16. The summed E-state index contributed by atoms with van der Waals surface area (Å²) in [6.07, 6.45) is -4.76. The minimum Gasteiger partial charge on any atom is -0.465 e. The lowest BCUT2D eigenvalue weighted by molar-refractivity contribution is -0.0558. The predicted molar refractivity (Wildman–Crippen MR) is 87.0 cm³/mol. The summed E-state index contributed by atoms with van der Waals surface area (Å²) < 4.78 is 42.4. The number of aryl methyl sites for hydroxylation is 1. The van der Waals surface area contributed by atoms with Gasteiger partial charge >= 0.3 is 12.1 Å². The maximum atomic E-state index is 12.6. The number of carbonyl (C=O) groups excluding carboxylic acids is 1. The molecule has 0 unspecified atom stereocenters. The van der Waals surface area contributed by atoms with E-state index in [0.717, 1.165) is 11.1 Å². The minimum absolute atomic E-state index is 0.0842. The molecule has 0 radical (unpaired) electrons. The van der Waals surface area contributed by atoms with Gasteiger partial charge in [0.2, 0.25) is 5.17 Å². The largest absolute Gasteiger partial charge is 0.465 e.